The van der Waals surface area contributed by atoms with E-state index in [4.69, 9.17) is 5.11 Å². The molecule has 0 saturated carbocycles. The highest BCUT2D eigenvalue weighted by molar-refractivity contribution is 7.89. The maximum absolute atomic E-state index is 13.4. The molecule has 0 fully saturated rings. The Labute approximate surface area is 127 Å². The van der Waals surface area contributed by atoms with Crippen molar-refractivity contribution in [3.63, 3.8) is 0 Å². The molecule has 1 aromatic carbocycles. The van der Waals surface area contributed by atoms with E-state index in [0.717, 1.165) is 19.2 Å². The van der Waals surface area contributed by atoms with Gasteiger partial charge in [0.1, 0.15) is 12.4 Å². The van der Waals surface area contributed by atoms with Crippen molar-refractivity contribution in [2.75, 3.05) is 20.2 Å². The molecule has 0 aliphatic carbocycles. The minimum atomic E-state index is -4.35. The monoisotopic (exact) mass is 333 g/mol. The van der Waals surface area contributed by atoms with Gasteiger partial charge in [-0.15, -0.1) is 0 Å². The van der Waals surface area contributed by atoms with Gasteiger partial charge in [-0.3, -0.25) is 4.79 Å². The van der Waals surface area contributed by atoms with Crippen LogP contribution in [0, 0.1) is 5.82 Å². The van der Waals surface area contributed by atoms with Crippen LogP contribution in [0.4, 0.5) is 4.39 Å². The smallest absolute Gasteiger partial charge is 0.339 e. The lowest BCUT2D eigenvalue weighted by Gasteiger charge is -2.21. The number of sulfonamides is 1. The second-order valence-electron chi connectivity index (χ2n) is 4.36. The van der Waals surface area contributed by atoms with Crippen molar-refractivity contribution in [3.05, 3.63) is 29.6 Å². The number of carboxylic acids is 1. The first-order valence-corrected chi connectivity index (χ1v) is 7.77. The maximum atomic E-state index is 13.4. The highest BCUT2D eigenvalue weighted by Crippen LogP contribution is 2.22. The molecule has 1 N–H and O–H groups in total. The van der Waals surface area contributed by atoms with Gasteiger partial charge in [0.2, 0.25) is 10.0 Å². The van der Waals surface area contributed by atoms with Crippen LogP contribution in [-0.4, -0.2) is 50.0 Å². The Hall–Kier alpha value is -2.00. The number of ether oxygens (including phenoxy) is 1. The van der Waals surface area contributed by atoms with Gasteiger partial charge in [-0.25, -0.2) is 17.6 Å². The van der Waals surface area contributed by atoms with Gasteiger partial charge in [-0.1, -0.05) is 6.92 Å². The topological polar surface area (TPSA) is 101 Å². The van der Waals surface area contributed by atoms with Gasteiger partial charge in [0.05, 0.1) is 17.6 Å². The van der Waals surface area contributed by atoms with Crippen LogP contribution in [0.5, 0.6) is 0 Å². The summed E-state index contributed by atoms with van der Waals surface area (Å²) in [6.07, 6.45) is 0.357. The number of hydrogen-bond acceptors (Lipinski definition) is 5. The predicted molar refractivity (Wildman–Crippen MR) is 74.4 cm³/mol. The molecule has 0 aromatic heterocycles. The van der Waals surface area contributed by atoms with Gasteiger partial charge in [-0.2, -0.15) is 4.31 Å². The molecule has 1 rings (SSSR count). The minimum Gasteiger partial charge on any atom is -0.480 e. The van der Waals surface area contributed by atoms with Gasteiger partial charge >= 0.3 is 11.9 Å². The molecule has 0 unspecified atom stereocenters. The largest absolute Gasteiger partial charge is 0.480 e. The molecule has 1 aromatic rings. The molecule has 0 atom stereocenters. The summed E-state index contributed by atoms with van der Waals surface area (Å²) in [5.41, 5.74) is -0.351. The lowest BCUT2D eigenvalue weighted by atomic mass is 10.2. The Morgan fingerprint density at radius 2 is 2.00 bits per heavy atom. The number of carboxylic acid groups (broad SMARTS) is 1. The average molecular weight is 333 g/mol. The number of benzene rings is 1. The van der Waals surface area contributed by atoms with E-state index >= 15 is 0 Å². The van der Waals surface area contributed by atoms with Gasteiger partial charge in [0.15, 0.2) is 0 Å². The van der Waals surface area contributed by atoms with E-state index in [1.165, 1.54) is 0 Å². The van der Waals surface area contributed by atoms with E-state index in [1.807, 2.05) is 0 Å². The molecule has 0 aliphatic rings. The maximum Gasteiger partial charge on any atom is 0.339 e. The Morgan fingerprint density at radius 3 is 2.50 bits per heavy atom. The van der Waals surface area contributed by atoms with Crippen molar-refractivity contribution >= 4 is 22.0 Å². The summed E-state index contributed by atoms with van der Waals surface area (Å²) in [6.45, 7) is 0.802. The molecule has 0 saturated heterocycles. The zero-order valence-electron chi connectivity index (χ0n) is 12.1. The van der Waals surface area contributed by atoms with Crippen LogP contribution in [0.1, 0.15) is 23.7 Å². The summed E-state index contributed by atoms with van der Waals surface area (Å²) in [5.74, 6) is -3.17. The number of esters is 1. The number of rotatable bonds is 7. The van der Waals surface area contributed by atoms with E-state index in [0.29, 0.717) is 16.8 Å². The van der Waals surface area contributed by atoms with Crippen LogP contribution < -0.4 is 0 Å². The number of aliphatic carboxylic acids is 1. The highest BCUT2D eigenvalue weighted by Gasteiger charge is 2.30. The Morgan fingerprint density at radius 1 is 1.36 bits per heavy atom. The van der Waals surface area contributed by atoms with E-state index in [-0.39, 0.29) is 12.1 Å². The molecule has 0 aliphatic heterocycles. The van der Waals surface area contributed by atoms with Gasteiger partial charge < -0.3 is 9.84 Å². The average Bonchev–Trinajstić information content (AvgIpc) is 2.45. The summed E-state index contributed by atoms with van der Waals surface area (Å²) < 4.78 is 43.6. The van der Waals surface area contributed by atoms with Gasteiger partial charge in [0, 0.05) is 6.54 Å². The fourth-order valence-electron chi connectivity index (χ4n) is 1.81. The Kier molecular flexibility index (Phi) is 6.01. The third-order valence-electron chi connectivity index (χ3n) is 2.75. The highest BCUT2D eigenvalue weighted by atomic mass is 32.2. The summed E-state index contributed by atoms with van der Waals surface area (Å²) in [4.78, 5) is 21.9. The third-order valence-corrected chi connectivity index (χ3v) is 4.64. The predicted octanol–water partition coefficient (Wildman–Crippen LogP) is 1.10. The minimum absolute atomic E-state index is 0.0776. The van der Waals surface area contributed by atoms with E-state index < -0.39 is 39.2 Å². The first kappa shape index (κ1) is 18.1. The molecule has 0 spiro atoms. The van der Waals surface area contributed by atoms with Crippen molar-refractivity contribution in [1.29, 1.82) is 0 Å². The molecule has 22 heavy (non-hydrogen) atoms. The molecule has 9 heteroatoms. The fourth-order valence-corrected chi connectivity index (χ4v) is 3.48. The number of nitrogens with zero attached hydrogens (tertiary/aromatic N) is 1. The molecule has 122 valence electrons. The summed E-state index contributed by atoms with van der Waals surface area (Å²) in [6, 6.07) is 2.58. The molecule has 0 amide bonds. The second kappa shape index (κ2) is 7.32. The Balaban J connectivity index is 3.45. The fraction of sp³-hybridized carbons (Fsp3) is 0.385. The molecule has 0 heterocycles. The van der Waals surface area contributed by atoms with Crippen molar-refractivity contribution in [1.82, 2.24) is 4.31 Å². The van der Waals surface area contributed by atoms with Crippen molar-refractivity contribution < 1.29 is 32.2 Å². The number of carbonyl (C=O) groups is 2. The van der Waals surface area contributed by atoms with E-state index in [9.17, 15) is 22.4 Å². The van der Waals surface area contributed by atoms with Crippen molar-refractivity contribution in [3.8, 4) is 0 Å². The van der Waals surface area contributed by atoms with Crippen molar-refractivity contribution in [2.24, 2.45) is 0 Å². The number of hydrogen-bond donors (Lipinski definition) is 1. The first-order chi connectivity index (χ1) is 10.2. The molecule has 0 radical (unpaired) electrons. The first-order valence-electron chi connectivity index (χ1n) is 6.33. The van der Waals surface area contributed by atoms with Crippen LogP contribution in [0.2, 0.25) is 0 Å². The molecule has 7 nitrogen and oxygen atoms in total. The van der Waals surface area contributed by atoms with Crippen molar-refractivity contribution in [2.45, 2.75) is 18.2 Å². The standard InChI is InChI=1S/C13H16FNO6S/c1-3-6-15(8-12(16)17)22(19,20)11-7-9(14)4-5-10(11)13(18)21-2/h4-5,7H,3,6,8H2,1-2H3,(H,16,17). The van der Waals surface area contributed by atoms with E-state index in [1.54, 1.807) is 6.92 Å². The van der Waals surface area contributed by atoms with Gasteiger partial charge in [-0.05, 0) is 24.6 Å². The lowest BCUT2D eigenvalue weighted by molar-refractivity contribution is -0.137. The number of halogens is 1. The molecular weight excluding hydrogens is 317 g/mol. The molecule has 0 bridgehead atoms. The number of methoxy groups -OCH3 is 1. The number of carbonyl (C=O) groups excluding carboxylic acids is 1. The van der Waals surface area contributed by atoms with E-state index in [2.05, 4.69) is 4.74 Å². The zero-order chi connectivity index (χ0) is 16.9. The SMILES string of the molecule is CCCN(CC(=O)O)S(=O)(=O)c1cc(F)ccc1C(=O)OC. The summed E-state index contributed by atoms with van der Waals surface area (Å²) >= 11 is 0. The van der Waals surface area contributed by atoms with Gasteiger partial charge in [0.25, 0.3) is 0 Å². The molecular formula is C13H16FNO6S. The second-order valence-corrected chi connectivity index (χ2v) is 6.27. The lowest BCUT2D eigenvalue weighted by Crippen LogP contribution is -2.37. The van der Waals surface area contributed by atoms with Crippen LogP contribution >= 0.6 is 0 Å². The van der Waals surface area contributed by atoms with Crippen LogP contribution in [0.25, 0.3) is 0 Å². The van der Waals surface area contributed by atoms with Crippen LogP contribution in [0.3, 0.4) is 0 Å². The van der Waals surface area contributed by atoms with Crippen LogP contribution in [0.15, 0.2) is 23.1 Å². The zero-order valence-corrected chi connectivity index (χ0v) is 12.9. The quantitative estimate of drug-likeness (QED) is 0.750. The summed E-state index contributed by atoms with van der Waals surface area (Å²) in [7, 11) is -3.30. The summed E-state index contributed by atoms with van der Waals surface area (Å²) in [5, 5.41) is 8.83. The Bertz CT molecular complexity index is 673. The normalized spacial score (nSPS) is 11.5. The third kappa shape index (κ3) is 4.01. The van der Waals surface area contributed by atoms with Crippen LogP contribution in [-0.2, 0) is 19.6 Å².